The van der Waals surface area contributed by atoms with Crippen molar-refractivity contribution in [2.45, 2.75) is 20.3 Å². The Labute approximate surface area is 119 Å². The molecule has 0 spiro atoms. The van der Waals surface area contributed by atoms with Crippen LogP contribution in [0.1, 0.15) is 20.3 Å². The van der Waals surface area contributed by atoms with Crippen LogP contribution in [-0.2, 0) is 4.74 Å². The summed E-state index contributed by atoms with van der Waals surface area (Å²) in [6, 6.07) is 4.71. The van der Waals surface area contributed by atoms with Crippen molar-refractivity contribution >= 4 is 11.4 Å². The minimum Gasteiger partial charge on any atom is -0.490 e. The van der Waals surface area contributed by atoms with Crippen molar-refractivity contribution in [1.82, 2.24) is 0 Å². The highest BCUT2D eigenvalue weighted by atomic mass is 16.6. The number of hydrogen-bond acceptors (Lipinski definition) is 5. The Hall–Kier alpha value is -1.82. The summed E-state index contributed by atoms with van der Waals surface area (Å²) < 4.78 is 10.5. The number of methoxy groups -OCH3 is 1. The highest BCUT2D eigenvalue weighted by Gasteiger charge is 2.14. The lowest BCUT2D eigenvalue weighted by molar-refractivity contribution is -0.385. The maximum absolute atomic E-state index is 10.8. The van der Waals surface area contributed by atoms with Crippen molar-refractivity contribution < 1.29 is 14.4 Å². The molecule has 1 aromatic carbocycles. The second kappa shape index (κ2) is 8.37. The van der Waals surface area contributed by atoms with Gasteiger partial charge in [0.1, 0.15) is 0 Å². The Morgan fingerprint density at radius 3 is 2.70 bits per heavy atom. The van der Waals surface area contributed by atoms with Crippen molar-refractivity contribution in [2.75, 3.05) is 32.2 Å². The molecular formula is C14H22N2O4. The summed E-state index contributed by atoms with van der Waals surface area (Å²) in [5, 5.41) is 13.9. The molecule has 0 heterocycles. The highest BCUT2D eigenvalue weighted by molar-refractivity contribution is 5.57. The van der Waals surface area contributed by atoms with Crippen molar-refractivity contribution in [2.24, 2.45) is 5.92 Å². The van der Waals surface area contributed by atoms with Gasteiger partial charge in [0, 0.05) is 31.0 Å². The fraction of sp³-hybridized carbons (Fsp3) is 0.571. The number of nitro benzene ring substituents is 1. The van der Waals surface area contributed by atoms with Crippen LogP contribution in [0.4, 0.5) is 11.4 Å². The smallest absolute Gasteiger partial charge is 0.311 e. The Morgan fingerprint density at radius 2 is 2.10 bits per heavy atom. The lowest BCUT2D eigenvalue weighted by atomic mass is 10.1. The quantitative estimate of drug-likeness (QED) is 0.428. The topological polar surface area (TPSA) is 73.6 Å². The third-order valence-corrected chi connectivity index (χ3v) is 2.79. The zero-order valence-electron chi connectivity index (χ0n) is 12.2. The monoisotopic (exact) mass is 282 g/mol. The van der Waals surface area contributed by atoms with E-state index in [1.165, 1.54) is 13.2 Å². The van der Waals surface area contributed by atoms with E-state index in [1.54, 1.807) is 12.1 Å². The molecule has 1 aromatic rings. The van der Waals surface area contributed by atoms with E-state index in [2.05, 4.69) is 19.2 Å². The molecule has 0 aliphatic heterocycles. The summed E-state index contributed by atoms with van der Waals surface area (Å²) in [7, 11) is 1.42. The zero-order chi connectivity index (χ0) is 15.0. The number of benzene rings is 1. The predicted molar refractivity (Wildman–Crippen MR) is 78.4 cm³/mol. The number of rotatable bonds is 9. The van der Waals surface area contributed by atoms with E-state index in [9.17, 15) is 10.1 Å². The summed E-state index contributed by atoms with van der Waals surface area (Å²) in [4.78, 5) is 10.3. The first-order valence-electron chi connectivity index (χ1n) is 6.68. The molecule has 6 nitrogen and oxygen atoms in total. The largest absolute Gasteiger partial charge is 0.490 e. The molecule has 0 saturated heterocycles. The highest BCUT2D eigenvalue weighted by Crippen LogP contribution is 2.29. The number of hydrogen-bond donors (Lipinski definition) is 1. The minimum absolute atomic E-state index is 0.0359. The van der Waals surface area contributed by atoms with Gasteiger partial charge in [-0.05, 0) is 18.4 Å². The van der Waals surface area contributed by atoms with E-state index < -0.39 is 4.92 Å². The fourth-order valence-corrected chi connectivity index (χ4v) is 1.63. The van der Waals surface area contributed by atoms with Crippen molar-refractivity contribution in [3.63, 3.8) is 0 Å². The summed E-state index contributed by atoms with van der Waals surface area (Å²) >= 11 is 0. The average Bonchev–Trinajstić information content (AvgIpc) is 2.41. The van der Waals surface area contributed by atoms with Crippen LogP contribution < -0.4 is 10.1 Å². The molecule has 1 rings (SSSR count). The van der Waals surface area contributed by atoms with Crippen molar-refractivity contribution in [1.29, 1.82) is 0 Å². The summed E-state index contributed by atoms with van der Waals surface area (Å²) in [5.74, 6) is 0.891. The Morgan fingerprint density at radius 1 is 1.35 bits per heavy atom. The number of nitrogens with zero attached hydrogens (tertiary/aromatic N) is 1. The maximum Gasteiger partial charge on any atom is 0.311 e. The first kappa shape index (κ1) is 16.2. The van der Waals surface area contributed by atoms with Gasteiger partial charge in [-0.1, -0.05) is 13.8 Å². The molecule has 0 atom stereocenters. The second-order valence-corrected chi connectivity index (χ2v) is 4.87. The summed E-state index contributed by atoms with van der Waals surface area (Å²) in [6.07, 6.45) is 1.05. The number of nitro groups is 1. The molecule has 0 radical (unpaired) electrons. The van der Waals surface area contributed by atoms with Gasteiger partial charge in [-0.25, -0.2) is 0 Å². The Balaban J connectivity index is 2.39. The first-order valence-corrected chi connectivity index (χ1v) is 6.68. The minimum atomic E-state index is -0.461. The fourth-order valence-electron chi connectivity index (χ4n) is 1.63. The number of nitrogens with one attached hydrogen (secondary N) is 1. The van der Waals surface area contributed by atoms with Gasteiger partial charge in [0.15, 0.2) is 5.75 Å². The zero-order valence-corrected chi connectivity index (χ0v) is 12.2. The van der Waals surface area contributed by atoms with Crippen LogP contribution in [0.3, 0.4) is 0 Å². The second-order valence-electron chi connectivity index (χ2n) is 4.87. The molecule has 0 bridgehead atoms. The molecule has 0 aliphatic rings. The molecule has 0 amide bonds. The molecular weight excluding hydrogens is 260 g/mol. The van der Waals surface area contributed by atoms with Gasteiger partial charge >= 0.3 is 5.69 Å². The van der Waals surface area contributed by atoms with E-state index in [-0.39, 0.29) is 11.4 Å². The lowest BCUT2D eigenvalue weighted by Gasteiger charge is -2.09. The molecule has 0 saturated carbocycles. The van der Waals surface area contributed by atoms with Crippen LogP contribution in [0.25, 0.3) is 0 Å². The molecule has 0 fully saturated rings. The van der Waals surface area contributed by atoms with Gasteiger partial charge in [-0.3, -0.25) is 10.1 Å². The Bertz CT molecular complexity index is 435. The van der Waals surface area contributed by atoms with Gasteiger partial charge < -0.3 is 14.8 Å². The standard InChI is InChI=1S/C14H22N2O4/c1-11(2)6-8-20-9-7-15-12-4-5-13(16(17)18)14(10-12)19-3/h4-5,10-11,15H,6-9H2,1-3H3. The van der Waals surface area contributed by atoms with Gasteiger partial charge in [0.25, 0.3) is 0 Å². The van der Waals surface area contributed by atoms with E-state index in [0.717, 1.165) is 18.7 Å². The molecule has 0 aliphatic carbocycles. The molecule has 6 heteroatoms. The molecule has 20 heavy (non-hydrogen) atoms. The van der Waals surface area contributed by atoms with Crippen LogP contribution >= 0.6 is 0 Å². The van der Waals surface area contributed by atoms with Crippen LogP contribution in [0.2, 0.25) is 0 Å². The number of ether oxygens (including phenoxy) is 2. The van der Waals surface area contributed by atoms with Crippen LogP contribution in [0.15, 0.2) is 18.2 Å². The van der Waals surface area contributed by atoms with Crippen molar-refractivity contribution in [3.8, 4) is 5.75 Å². The van der Waals surface area contributed by atoms with Crippen LogP contribution in [0, 0.1) is 16.0 Å². The lowest BCUT2D eigenvalue weighted by Crippen LogP contribution is -2.11. The third-order valence-electron chi connectivity index (χ3n) is 2.79. The third kappa shape index (κ3) is 5.44. The van der Waals surface area contributed by atoms with E-state index in [4.69, 9.17) is 9.47 Å². The first-order chi connectivity index (χ1) is 9.54. The van der Waals surface area contributed by atoms with Crippen molar-refractivity contribution in [3.05, 3.63) is 28.3 Å². The molecule has 0 unspecified atom stereocenters. The average molecular weight is 282 g/mol. The van der Waals surface area contributed by atoms with Crippen LogP contribution in [0.5, 0.6) is 5.75 Å². The number of anilines is 1. The van der Waals surface area contributed by atoms with Gasteiger partial charge in [0.05, 0.1) is 18.6 Å². The molecule has 1 N–H and O–H groups in total. The van der Waals surface area contributed by atoms with Gasteiger partial charge in [0.2, 0.25) is 0 Å². The summed E-state index contributed by atoms with van der Waals surface area (Å²) in [6.45, 7) is 6.32. The maximum atomic E-state index is 10.8. The van der Waals surface area contributed by atoms with E-state index in [0.29, 0.717) is 19.1 Å². The predicted octanol–water partition coefficient (Wildman–Crippen LogP) is 3.08. The van der Waals surface area contributed by atoms with Crippen LogP contribution in [-0.4, -0.2) is 31.8 Å². The SMILES string of the molecule is COc1cc(NCCOCCC(C)C)ccc1[N+](=O)[O-]. The van der Waals surface area contributed by atoms with Gasteiger partial charge in [-0.2, -0.15) is 0 Å². The normalized spacial score (nSPS) is 10.6. The van der Waals surface area contributed by atoms with E-state index >= 15 is 0 Å². The molecule has 112 valence electrons. The van der Waals surface area contributed by atoms with Gasteiger partial charge in [-0.15, -0.1) is 0 Å². The molecule has 0 aromatic heterocycles. The Kier molecular flexibility index (Phi) is 6.79. The summed E-state index contributed by atoms with van der Waals surface area (Å²) in [5.41, 5.74) is 0.742. The van der Waals surface area contributed by atoms with E-state index in [1.807, 2.05) is 0 Å².